The Labute approximate surface area is 136 Å². The van der Waals surface area contributed by atoms with Gasteiger partial charge in [0.15, 0.2) is 5.76 Å². The maximum absolute atomic E-state index is 12.4. The number of rotatable bonds is 1. The maximum Gasteiger partial charge on any atom is 0.507 e. The van der Waals surface area contributed by atoms with Crippen molar-refractivity contribution >= 4 is 35.4 Å². The number of carbonyl (C=O) groups is 2. The van der Waals surface area contributed by atoms with Crippen molar-refractivity contribution in [1.29, 1.82) is 0 Å². The van der Waals surface area contributed by atoms with E-state index in [0.717, 1.165) is 10.5 Å². The minimum atomic E-state index is -0.678. The van der Waals surface area contributed by atoms with E-state index in [2.05, 4.69) is 4.99 Å². The van der Waals surface area contributed by atoms with Crippen LogP contribution in [0.4, 0.5) is 10.8 Å². The molecule has 0 spiro atoms. The van der Waals surface area contributed by atoms with Crippen LogP contribution in [-0.2, 0) is 4.79 Å². The van der Waals surface area contributed by atoms with Crippen LogP contribution in [-0.4, -0.2) is 41.7 Å². The van der Waals surface area contributed by atoms with Crippen LogP contribution in [0.2, 0.25) is 5.02 Å². The van der Waals surface area contributed by atoms with E-state index in [9.17, 15) is 9.59 Å². The Morgan fingerprint density at radius 1 is 1.17 bits per heavy atom. The fourth-order valence-corrected chi connectivity index (χ4v) is 2.87. The molecule has 23 heavy (non-hydrogen) atoms. The number of aliphatic imine (C=N–C) groups is 1. The lowest BCUT2D eigenvalue weighted by atomic mass is 10.1. The van der Waals surface area contributed by atoms with Crippen LogP contribution in [0.25, 0.3) is 11.3 Å². The molecule has 4 rings (SSSR count). The zero-order valence-corrected chi connectivity index (χ0v) is 13.1. The van der Waals surface area contributed by atoms with Crippen LogP contribution in [0.1, 0.15) is 6.04 Å². The fraction of sp³-hybridized carbons (Fsp3) is 0.200. The van der Waals surface area contributed by atoms with Gasteiger partial charge in [-0.2, -0.15) is 4.57 Å². The molecule has 0 bridgehead atoms. The van der Waals surface area contributed by atoms with Crippen molar-refractivity contribution in [3.05, 3.63) is 35.5 Å². The number of amides is 3. The maximum atomic E-state index is 12.4. The van der Waals surface area contributed by atoms with Crippen molar-refractivity contribution in [2.75, 3.05) is 14.1 Å². The van der Waals surface area contributed by atoms with E-state index in [1.54, 1.807) is 29.9 Å². The second-order valence-corrected chi connectivity index (χ2v) is 5.84. The molecule has 3 amide bonds. The molecule has 2 aliphatic rings. The first-order chi connectivity index (χ1) is 11.0. The summed E-state index contributed by atoms with van der Waals surface area (Å²) in [4.78, 5) is 31.1. The summed E-state index contributed by atoms with van der Waals surface area (Å²) in [5.74, 6) is 0.619. The molecular formula is C15H12ClN4O3+. The third-order valence-corrected chi connectivity index (χ3v) is 4.27. The lowest BCUT2D eigenvalue weighted by Crippen LogP contribution is -2.61. The molecule has 0 saturated carbocycles. The molecule has 116 valence electrons. The van der Waals surface area contributed by atoms with Crippen LogP contribution in [0.5, 0.6) is 0 Å². The lowest BCUT2D eigenvalue weighted by Gasteiger charge is -2.29. The number of fused-ring (bicyclic) bond motifs is 3. The van der Waals surface area contributed by atoms with Crippen LogP contribution in [0, 0.1) is 0 Å². The normalized spacial score (nSPS) is 19.8. The Morgan fingerprint density at radius 3 is 2.57 bits per heavy atom. The number of aromatic nitrogens is 1. The SMILES string of the molecule is CN1C(=O)C2C(=Nc3oc(-c4ccc(Cl)cc4)c[n+]32)N(C)C1=O. The van der Waals surface area contributed by atoms with Crippen LogP contribution in [0.15, 0.2) is 39.9 Å². The number of amidine groups is 1. The monoisotopic (exact) mass is 331 g/mol. The van der Waals surface area contributed by atoms with E-state index < -0.39 is 12.1 Å². The first kappa shape index (κ1) is 14.0. The summed E-state index contributed by atoms with van der Waals surface area (Å²) in [7, 11) is 3.04. The average molecular weight is 332 g/mol. The molecule has 8 heteroatoms. The number of urea groups is 1. The molecule has 1 aromatic carbocycles. The van der Waals surface area contributed by atoms with Crippen molar-refractivity contribution in [3.63, 3.8) is 0 Å². The fourth-order valence-electron chi connectivity index (χ4n) is 2.74. The van der Waals surface area contributed by atoms with Crippen molar-refractivity contribution < 1.29 is 18.6 Å². The quantitative estimate of drug-likeness (QED) is 0.750. The molecule has 1 atom stereocenters. The van der Waals surface area contributed by atoms with Gasteiger partial charge < -0.3 is 4.42 Å². The Kier molecular flexibility index (Phi) is 2.83. The molecule has 3 heterocycles. The Hall–Kier alpha value is -2.67. The van der Waals surface area contributed by atoms with Crippen molar-refractivity contribution in [1.82, 2.24) is 9.80 Å². The molecule has 1 unspecified atom stereocenters. The molecule has 2 aromatic rings. The Bertz CT molecular complexity index is 871. The van der Waals surface area contributed by atoms with Gasteiger partial charge >= 0.3 is 12.0 Å². The van der Waals surface area contributed by atoms with Crippen molar-refractivity contribution in [2.24, 2.45) is 4.99 Å². The van der Waals surface area contributed by atoms with E-state index in [0.29, 0.717) is 22.6 Å². The summed E-state index contributed by atoms with van der Waals surface area (Å²) in [6.45, 7) is 0. The highest BCUT2D eigenvalue weighted by molar-refractivity contribution is 6.30. The number of halogens is 1. The highest BCUT2D eigenvalue weighted by Crippen LogP contribution is 2.32. The number of nitrogens with zero attached hydrogens (tertiary/aromatic N) is 4. The van der Waals surface area contributed by atoms with Gasteiger partial charge in [-0.25, -0.2) is 4.79 Å². The van der Waals surface area contributed by atoms with Gasteiger partial charge in [-0.05, 0) is 24.3 Å². The van der Waals surface area contributed by atoms with E-state index in [1.165, 1.54) is 11.9 Å². The van der Waals surface area contributed by atoms with E-state index in [4.69, 9.17) is 16.0 Å². The van der Waals surface area contributed by atoms with E-state index in [1.807, 2.05) is 12.1 Å². The van der Waals surface area contributed by atoms with Crippen LogP contribution >= 0.6 is 11.6 Å². The summed E-state index contributed by atoms with van der Waals surface area (Å²) < 4.78 is 7.37. The third-order valence-electron chi connectivity index (χ3n) is 4.02. The standard InChI is InChI=1S/C15H12ClN4O3/c1-18-12-11(13(21)19(2)15(18)22)20-7-10(23-14(20)17-12)8-3-5-9(16)6-4-8/h3-7,11H,1-2H3/q+1. The van der Waals surface area contributed by atoms with Gasteiger partial charge in [-0.1, -0.05) is 11.6 Å². The van der Waals surface area contributed by atoms with Crippen molar-refractivity contribution in [3.8, 4) is 11.3 Å². The lowest BCUT2D eigenvalue weighted by molar-refractivity contribution is -0.679. The van der Waals surface area contributed by atoms with Gasteiger partial charge in [-0.3, -0.25) is 14.6 Å². The predicted octanol–water partition coefficient (Wildman–Crippen LogP) is 2.00. The summed E-state index contributed by atoms with van der Waals surface area (Å²) in [6.07, 6.45) is 1.72. The zero-order valence-electron chi connectivity index (χ0n) is 12.4. The second-order valence-electron chi connectivity index (χ2n) is 5.40. The molecule has 1 saturated heterocycles. The van der Waals surface area contributed by atoms with Crippen LogP contribution in [0.3, 0.4) is 0 Å². The second kappa shape index (κ2) is 4.66. The molecule has 0 aliphatic carbocycles. The Morgan fingerprint density at radius 2 is 1.87 bits per heavy atom. The van der Waals surface area contributed by atoms with Gasteiger partial charge in [-0.15, -0.1) is 0 Å². The summed E-state index contributed by atoms with van der Waals surface area (Å²) >= 11 is 5.88. The van der Waals surface area contributed by atoms with Gasteiger partial charge in [0.05, 0.1) is 0 Å². The minimum absolute atomic E-state index is 0.290. The summed E-state index contributed by atoms with van der Waals surface area (Å²) in [5.41, 5.74) is 0.828. The number of carbonyl (C=O) groups excluding carboxylic acids is 2. The third kappa shape index (κ3) is 1.90. The number of hydrogen-bond donors (Lipinski definition) is 0. The number of hydrogen-bond acceptors (Lipinski definition) is 4. The minimum Gasteiger partial charge on any atom is -0.384 e. The van der Waals surface area contributed by atoms with Gasteiger partial charge in [0, 0.05) is 29.7 Å². The molecule has 0 radical (unpaired) electrons. The van der Waals surface area contributed by atoms with Crippen LogP contribution < -0.4 is 4.57 Å². The molecule has 7 nitrogen and oxygen atoms in total. The first-order valence-electron chi connectivity index (χ1n) is 6.92. The predicted molar refractivity (Wildman–Crippen MR) is 81.4 cm³/mol. The number of oxazole rings is 1. The highest BCUT2D eigenvalue weighted by Gasteiger charge is 2.54. The van der Waals surface area contributed by atoms with Gasteiger partial charge in [0.2, 0.25) is 0 Å². The zero-order chi connectivity index (χ0) is 16.3. The molecular weight excluding hydrogens is 320 g/mol. The molecule has 1 aromatic heterocycles. The highest BCUT2D eigenvalue weighted by atomic mass is 35.5. The topological polar surface area (TPSA) is 70.0 Å². The number of imide groups is 1. The molecule has 0 N–H and O–H groups in total. The number of benzene rings is 1. The Balaban J connectivity index is 1.79. The van der Waals surface area contributed by atoms with E-state index >= 15 is 0 Å². The smallest absolute Gasteiger partial charge is 0.384 e. The molecule has 2 aliphatic heterocycles. The van der Waals surface area contributed by atoms with Gasteiger partial charge in [0.1, 0.15) is 6.20 Å². The summed E-state index contributed by atoms with van der Waals surface area (Å²) in [6, 6.07) is 6.37. The largest absolute Gasteiger partial charge is 0.507 e. The first-order valence-corrected chi connectivity index (χ1v) is 7.30. The average Bonchev–Trinajstić information content (AvgIpc) is 3.09. The molecule has 1 fully saturated rings. The van der Waals surface area contributed by atoms with Gasteiger partial charge in [0.25, 0.3) is 17.8 Å². The number of likely N-dealkylation sites (N-methyl/N-ethyl adjacent to an activating group) is 2. The van der Waals surface area contributed by atoms with Crippen molar-refractivity contribution in [2.45, 2.75) is 6.04 Å². The summed E-state index contributed by atoms with van der Waals surface area (Å²) in [5, 5.41) is 0.630. The van der Waals surface area contributed by atoms with E-state index in [-0.39, 0.29) is 5.91 Å².